The van der Waals surface area contributed by atoms with Gasteiger partial charge in [-0.1, -0.05) is 158 Å². The van der Waals surface area contributed by atoms with Crippen molar-refractivity contribution >= 4 is 0 Å². The fourth-order valence-electron chi connectivity index (χ4n) is 10.3. The molecule has 52 heavy (non-hydrogen) atoms. The summed E-state index contributed by atoms with van der Waals surface area (Å²) in [6.07, 6.45) is 3.90. The first-order valence-electron chi connectivity index (χ1n) is 18.7. The first kappa shape index (κ1) is 28.5. The molecule has 0 bridgehead atoms. The number of hydrogen-bond donors (Lipinski definition) is 0. The second kappa shape index (κ2) is 10.6. The predicted molar refractivity (Wildman–Crippen MR) is 216 cm³/mol. The van der Waals surface area contributed by atoms with Crippen LogP contribution in [0.3, 0.4) is 0 Å². The van der Waals surface area contributed by atoms with Gasteiger partial charge in [-0.05, 0) is 148 Å². The Morgan fingerprint density at radius 2 is 0.365 bits per heavy atom. The van der Waals surface area contributed by atoms with Crippen molar-refractivity contribution in [2.24, 2.45) is 0 Å². The smallest absolute Gasteiger partial charge is 0.000111 e. The van der Waals surface area contributed by atoms with Crippen LogP contribution in [0, 0.1) is 0 Å². The van der Waals surface area contributed by atoms with Crippen molar-refractivity contribution in [3.8, 4) is 77.9 Å². The minimum absolute atomic E-state index is 0.951. The lowest BCUT2D eigenvalue weighted by atomic mass is 9.89. The van der Waals surface area contributed by atoms with E-state index < -0.39 is 0 Å². The molecule has 8 aromatic carbocycles. The van der Waals surface area contributed by atoms with Crippen LogP contribution in [0.25, 0.3) is 77.9 Å². The van der Waals surface area contributed by atoms with E-state index in [1.165, 1.54) is 122 Å². The highest BCUT2D eigenvalue weighted by Crippen LogP contribution is 2.52. The van der Waals surface area contributed by atoms with Gasteiger partial charge in [-0.25, -0.2) is 0 Å². The summed E-state index contributed by atoms with van der Waals surface area (Å²) >= 11 is 0. The van der Waals surface area contributed by atoms with Gasteiger partial charge in [0, 0.05) is 0 Å². The van der Waals surface area contributed by atoms with E-state index in [9.17, 15) is 0 Å². The fraction of sp³-hybridized carbons (Fsp3) is 0.0769. The molecule has 0 amide bonds. The van der Waals surface area contributed by atoms with E-state index in [0.717, 1.165) is 25.7 Å². The van der Waals surface area contributed by atoms with E-state index in [1.807, 2.05) is 0 Å². The summed E-state index contributed by atoms with van der Waals surface area (Å²) in [5.74, 6) is 0. The van der Waals surface area contributed by atoms with Gasteiger partial charge in [0.1, 0.15) is 0 Å². The Hall–Kier alpha value is -6.24. The largest absolute Gasteiger partial charge is 0.0619 e. The molecule has 4 aliphatic rings. The molecular formula is C52H34. The van der Waals surface area contributed by atoms with Crippen LogP contribution >= 0.6 is 0 Å². The predicted octanol–water partition coefficient (Wildman–Crippen LogP) is 13.0. The van der Waals surface area contributed by atoms with Crippen LogP contribution in [0.15, 0.2) is 158 Å². The summed E-state index contributed by atoms with van der Waals surface area (Å²) in [5.41, 5.74) is 31.1. The van der Waals surface area contributed by atoms with Gasteiger partial charge in [0.15, 0.2) is 0 Å². The molecule has 0 N–H and O–H groups in total. The van der Waals surface area contributed by atoms with Crippen molar-refractivity contribution in [2.45, 2.75) is 25.7 Å². The topological polar surface area (TPSA) is 0 Å². The number of benzene rings is 8. The van der Waals surface area contributed by atoms with Crippen LogP contribution in [0.4, 0.5) is 0 Å². The Kier molecular flexibility index (Phi) is 5.82. The second-order valence-corrected chi connectivity index (χ2v) is 15.0. The lowest BCUT2D eigenvalue weighted by Gasteiger charge is -2.14. The molecule has 0 radical (unpaired) electrons. The highest BCUT2D eigenvalue weighted by atomic mass is 14.3. The zero-order chi connectivity index (χ0) is 33.9. The Labute approximate surface area is 304 Å². The lowest BCUT2D eigenvalue weighted by molar-refractivity contribution is 1.22. The summed E-state index contributed by atoms with van der Waals surface area (Å²) in [6, 6.07) is 59.7. The van der Waals surface area contributed by atoms with Crippen LogP contribution < -0.4 is 0 Å². The van der Waals surface area contributed by atoms with Gasteiger partial charge in [0.25, 0.3) is 0 Å². The average Bonchev–Trinajstić information content (AvgIpc) is 3.97. The van der Waals surface area contributed by atoms with E-state index >= 15 is 0 Å². The van der Waals surface area contributed by atoms with Gasteiger partial charge in [0.2, 0.25) is 0 Å². The van der Waals surface area contributed by atoms with Crippen LogP contribution in [0.1, 0.15) is 44.5 Å². The maximum atomic E-state index is 2.38. The molecule has 0 aromatic heterocycles. The van der Waals surface area contributed by atoms with Gasteiger partial charge in [-0.15, -0.1) is 0 Å². The zero-order valence-electron chi connectivity index (χ0n) is 28.8. The van der Waals surface area contributed by atoms with E-state index in [4.69, 9.17) is 0 Å². The fourth-order valence-corrected chi connectivity index (χ4v) is 10.3. The van der Waals surface area contributed by atoms with Crippen molar-refractivity contribution in [1.29, 1.82) is 0 Å². The highest BCUT2D eigenvalue weighted by molar-refractivity contribution is 5.96. The molecule has 0 nitrogen and oxygen atoms in total. The molecule has 242 valence electrons. The normalized spacial score (nSPS) is 13.5. The Morgan fingerprint density at radius 1 is 0.173 bits per heavy atom. The maximum Gasteiger partial charge on any atom is -0.000111 e. The molecule has 0 heterocycles. The van der Waals surface area contributed by atoms with Crippen molar-refractivity contribution in [3.63, 3.8) is 0 Å². The molecule has 0 saturated carbocycles. The third kappa shape index (κ3) is 3.87. The number of fused-ring (bicyclic) bond motifs is 12. The summed E-state index contributed by atoms with van der Waals surface area (Å²) in [5, 5.41) is 0. The van der Waals surface area contributed by atoms with Gasteiger partial charge in [0.05, 0.1) is 0 Å². The van der Waals surface area contributed by atoms with Gasteiger partial charge >= 0.3 is 0 Å². The maximum absolute atomic E-state index is 2.38. The first-order valence-corrected chi connectivity index (χ1v) is 18.7. The average molecular weight is 659 g/mol. The quantitative estimate of drug-likeness (QED) is 0.177. The van der Waals surface area contributed by atoms with Crippen molar-refractivity contribution in [2.75, 3.05) is 0 Å². The second-order valence-electron chi connectivity index (χ2n) is 15.0. The Morgan fingerprint density at radius 3 is 0.635 bits per heavy atom. The van der Waals surface area contributed by atoms with Crippen LogP contribution in [0.5, 0.6) is 0 Å². The molecule has 0 fully saturated rings. The Bertz CT molecular complexity index is 2650. The summed E-state index contributed by atoms with van der Waals surface area (Å²) in [4.78, 5) is 0. The van der Waals surface area contributed by atoms with Crippen LogP contribution in [-0.4, -0.2) is 0 Å². The molecule has 0 spiro atoms. The molecule has 0 saturated heterocycles. The SMILES string of the molecule is c1ccc2c(c1)Cc1c-2cccc1-c1cccc2c1Cc1c-2cccc1-c1cccc2c1Cc1c(-c3cccc4c3Cc3ccccc3-4)cccc1-2. The molecule has 0 unspecified atom stereocenters. The minimum Gasteiger partial charge on any atom is -0.0619 e. The summed E-state index contributed by atoms with van der Waals surface area (Å²) in [7, 11) is 0. The highest BCUT2D eigenvalue weighted by Gasteiger charge is 2.31. The van der Waals surface area contributed by atoms with Gasteiger partial charge in [-0.3, -0.25) is 0 Å². The van der Waals surface area contributed by atoms with Crippen molar-refractivity contribution in [1.82, 2.24) is 0 Å². The monoisotopic (exact) mass is 658 g/mol. The standard InChI is InChI=1S/C52H34/c1-3-13-33-31(11-1)27-47-35(33)15-5-17-37(47)39-19-7-21-41-43-23-9-25-45(51(43)29-49(39)41)46-26-10-24-44-42-22-8-20-40(50(42)30-52(44)46)38-18-6-16-36-34-14-4-2-12-32(34)28-48(36)38/h1-26H,27-30H2. The van der Waals surface area contributed by atoms with Gasteiger partial charge < -0.3 is 0 Å². The summed E-state index contributed by atoms with van der Waals surface area (Å²) in [6.45, 7) is 0. The molecule has 12 rings (SSSR count). The summed E-state index contributed by atoms with van der Waals surface area (Å²) < 4.78 is 0. The molecule has 8 aromatic rings. The molecule has 0 heteroatoms. The third-order valence-corrected chi connectivity index (χ3v) is 12.6. The van der Waals surface area contributed by atoms with E-state index in [0.29, 0.717) is 0 Å². The van der Waals surface area contributed by atoms with Crippen molar-refractivity contribution in [3.05, 3.63) is 202 Å². The van der Waals surface area contributed by atoms with Gasteiger partial charge in [-0.2, -0.15) is 0 Å². The Balaban J connectivity index is 0.953. The molecule has 0 atom stereocenters. The zero-order valence-corrected chi connectivity index (χ0v) is 28.8. The molecule has 4 aliphatic carbocycles. The minimum atomic E-state index is 0.951. The molecule has 0 aliphatic heterocycles. The van der Waals surface area contributed by atoms with Crippen LogP contribution in [0.2, 0.25) is 0 Å². The van der Waals surface area contributed by atoms with E-state index in [-0.39, 0.29) is 0 Å². The third-order valence-electron chi connectivity index (χ3n) is 12.6. The molecular weight excluding hydrogens is 625 g/mol. The van der Waals surface area contributed by atoms with Crippen LogP contribution in [-0.2, 0) is 25.7 Å². The number of hydrogen-bond acceptors (Lipinski definition) is 0. The lowest BCUT2D eigenvalue weighted by Crippen LogP contribution is -1.95. The van der Waals surface area contributed by atoms with E-state index in [1.54, 1.807) is 0 Å². The first-order chi connectivity index (χ1) is 25.8. The number of rotatable bonds is 3. The van der Waals surface area contributed by atoms with E-state index in [2.05, 4.69) is 158 Å². The van der Waals surface area contributed by atoms with Crippen molar-refractivity contribution < 1.29 is 0 Å².